The van der Waals surface area contributed by atoms with E-state index in [1.807, 2.05) is 0 Å². The molecule has 0 saturated heterocycles. The van der Waals surface area contributed by atoms with Crippen LogP contribution in [0.15, 0.2) is 0 Å². The second kappa shape index (κ2) is 3.19. The number of nitrogens with two attached hydrogens (primary N) is 1. The number of aliphatic carboxylic acids is 1. The molecule has 11 heavy (non-hydrogen) atoms. The summed E-state index contributed by atoms with van der Waals surface area (Å²) in [6.07, 6.45) is 1.20. The minimum absolute atomic E-state index is 0.141. The SMILES string of the molecule is NC(CC(=O)O)C(O)C1CC1. The number of carbonyl (C=O) groups is 1. The molecule has 64 valence electrons. The maximum Gasteiger partial charge on any atom is 0.305 e. The van der Waals surface area contributed by atoms with Gasteiger partial charge in [0.15, 0.2) is 0 Å². The summed E-state index contributed by atoms with van der Waals surface area (Å²) in [6, 6.07) is -0.597. The predicted octanol–water partition coefficient (Wildman–Crippen LogP) is -0.441. The largest absolute Gasteiger partial charge is 0.481 e. The van der Waals surface area contributed by atoms with E-state index in [2.05, 4.69) is 0 Å². The molecule has 0 aromatic carbocycles. The zero-order chi connectivity index (χ0) is 8.43. The topological polar surface area (TPSA) is 83.6 Å². The van der Waals surface area contributed by atoms with E-state index in [-0.39, 0.29) is 12.3 Å². The van der Waals surface area contributed by atoms with Gasteiger partial charge in [-0.3, -0.25) is 4.79 Å². The highest BCUT2D eigenvalue weighted by atomic mass is 16.4. The van der Waals surface area contributed by atoms with Gasteiger partial charge in [0.25, 0.3) is 0 Å². The number of rotatable bonds is 4. The lowest BCUT2D eigenvalue weighted by Gasteiger charge is -2.15. The van der Waals surface area contributed by atoms with Crippen LogP contribution in [0.1, 0.15) is 19.3 Å². The van der Waals surface area contributed by atoms with Crippen LogP contribution in [0.2, 0.25) is 0 Å². The van der Waals surface area contributed by atoms with Crippen LogP contribution < -0.4 is 5.73 Å². The highest BCUT2D eigenvalue weighted by Crippen LogP contribution is 2.33. The van der Waals surface area contributed by atoms with Crippen LogP contribution in [0.3, 0.4) is 0 Å². The van der Waals surface area contributed by atoms with Crippen molar-refractivity contribution in [1.29, 1.82) is 0 Å². The summed E-state index contributed by atoms with van der Waals surface area (Å²) >= 11 is 0. The van der Waals surface area contributed by atoms with Gasteiger partial charge in [-0.25, -0.2) is 0 Å². The lowest BCUT2D eigenvalue weighted by atomic mass is 10.0. The first-order valence-corrected chi connectivity index (χ1v) is 3.76. The summed E-state index contributed by atoms with van der Waals surface area (Å²) < 4.78 is 0. The predicted molar refractivity (Wildman–Crippen MR) is 39.0 cm³/mol. The van der Waals surface area contributed by atoms with Crippen LogP contribution in [0, 0.1) is 5.92 Å². The van der Waals surface area contributed by atoms with Crippen molar-refractivity contribution in [3.05, 3.63) is 0 Å². The Labute approximate surface area is 65.0 Å². The molecule has 4 heteroatoms. The molecule has 0 aromatic rings. The molecular weight excluding hydrogens is 146 g/mol. The van der Waals surface area contributed by atoms with Crippen LogP contribution in [-0.4, -0.2) is 28.3 Å². The average Bonchev–Trinajstić information content (AvgIpc) is 2.65. The Balaban J connectivity index is 2.26. The van der Waals surface area contributed by atoms with Gasteiger partial charge in [0.05, 0.1) is 12.5 Å². The van der Waals surface area contributed by atoms with Crippen molar-refractivity contribution in [1.82, 2.24) is 0 Å². The van der Waals surface area contributed by atoms with Gasteiger partial charge in [-0.2, -0.15) is 0 Å². The Morgan fingerprint density at radius 3 is 2.55 bits per heavy atom. The van der Waals surface area contributed by atoms with E-state index in [9.17, 15) is 9.90 Å². The number of aliphatic hydroxyl groups excluding tert-OH is 1. The van der Waals surface area contributed by atoms with Gasteiger partial charge in [-0.15, -0.1) is 0 Å². The van der Waals surface area contributed by atoms with E-state index in [0.29, 0.717) is 0 Å². The van der Waals surface area contributed by atoms with Crippen molar-refractivity contribution in [2.75, 3.05) is 0 Å². The van der Waals surface area contributed by atoms with E-state index in [1.165, 1.54) is 0 Å². The third-order valence-corrected chi connectivity index (χ3v) is 1.95. The Morgan fingerprint density at radius 2 is 2.18 bits per heavy atom. The number of carboxylic acid groups (broad SMARTS) is 1. The first-order valence-electron chi connectivity index (χ1n) is 3.76. The van der Waals surface area contributed by atoms with Crippen LogP contribution >= 0.6 is 0 Å². The molecule has 0 radical (unpaired) electrons. The van der Waals surface area contributed by atoms with Crippen LogP contribution in [0.4, 0.5) is 0 Å². The molecule has 4 nitrogen and oxygen atoms in total. The molecule has 0 amide bonds. The Morgan fingerprint density at radius 1 is 1.64 bits per heavy atom. The van der Waals surface area contributed by atoms with Gasteiger partial charge in [-0.05, 0) is 18.8 Å². The molecule has 0 spiro atoms. The zero-order valence-electron chi connectivity index (χ0n) is 6.23. The number of carboxylic acids is 1. The number of hydrogen-bond donors (Lipinski definition) is 3. The van der Waals surface area contributed by atoms with Crippen molar-refractivity contribution in [3.8, 4) is 0 Å². The highest BCUT2D eigenvalue weighted by Gasteiger charge is 2.34. The fraction of sp³-hybridized carbons (Fsp3) is 0.857. The Kier molecular flexibility index (Phi) is 2.46. The summed E-state index contributed by atoms with van der Waals surface area (Å²) in [7, 11) is 0. The fourth-order valence-corrected chi connectivity index (χ4v) is 1.11. The molecule has 0 heterocycles. The molecule has 1 fully saturated rings. The Bertz CT molecular complexity index is 156. The van der Waals surface area contributed by atoms with Crippen molar-refractivity contribution < 1.29 is 15.0 Å². The van der Waals surface area contributed by atoms with E-state index in [0.717, 1.165) is 12.8 Å². The molecule has 0 bridgehead atoms. The minimum Gasteiger partial charge on any atom is -0.481 e. The normalized spacial score (nSPS) is 22.7. The third-order valence-electron chi connectivity index (χ3n) is 1.95. The monoisotopic (exact) mass is 159 g/mol. The molecule has 1 aliphatic carbocycles. The van der Waals surface area contributed by atoms with Crippen molar-refractivity contribution in [2.45, 2.75) is 31.4 Å². The summed E-state index contributed by atoms with van der Waals surface area (Å²) in [5.74, 6) is -0.693. The van der Waals surface area contributed by atoms with E-state index < -0.39 is 18.1 Å². The maximum atomic E-state index is 10.2. The van der Waals surface area contributed by atoms with Gasteiger partial charge in [0.2, 0.25) is 0 Å². The van der Waals surface area contributed by atoms with E-state index >= 15 is 0 Å². The summed E-state index contributed by atoms with van der Waals surface area (Å²) in [5.41, 5.74) is 5.43. The van der Waals surface area contributed by atoms with E-state index in [1.54, 1.807) is 0 Å². The second-order valence-electron chi connectivity index (χ2n) is 3.09. The molecule has 1 aliphatic rings. The van der Waals surface area contributed by atoms with Gasteiger partial charge < -0.3 is 15.9 Å². The van der Waals surface area contributed by atoms with Crippen LogP contribution in [0.5, 0.6) is 0 Å². The lowest BCUT2D eigenvalue weighted by Crippen LogP contribution is -2.37. The standard InChI is InChI=1S/C7H13NO3/c8-5(3-6(9)10)7(11)4-1-2-4/h4-5,7,11H,1-3,8H2,(H,9,10). The highest BCUT2D eigenvalue weighted by molar-refractivity contribution is 5.67. The first kappa shape index (κ1) is 8.49. The average molecular weight is 159 g/mol. The molecule has 2 unspecified atom stereocenters. The van der Waals surface area contributed by atoms with Gasteiger partial charge in [0.1, 0.15) is 0 Å². The molecule has 1 saturated carbocycles. The number of hydrogen-bond acceptors (Lipinski definition) is 3. The maximum absolute atomic E-state index is 10.2. The molecular formula is C7H13NO3. The molecule has 4 N–H and O–H groups in total. The summed E-state index contributed by atoms with van der Waals surface area (Å²) in [6.45, 7) is 0. The number of aliphatic hydroxyl groups is 1. The van der Waals surface area contributed by atoms with Gasteiger partial charge in [0, 0.05) is 6.04 Å². The van der Waals surface area contributed by atoms with Crippen molar-refractivity contribution in [2.24, 2.45) is 11.7 Å². The Hall–Kier alpha value is -0.610. The molecule has 2 atom stereocenters. The van der Waals surface area contributed by atoms with Crippen LogP contribution in [-0.2, 0) is 4.79 Å². The van der Waals surface area contributed by atoms with Crippen molar-refractivity contribution >= 4 is 5.97 Å². The van der Waals surface area contributed by atoms with Gasteiger partial charge in [-0.1, -0.05) is 0 Å². The summed E-state index contributed by atoms with van der Waals surface area (Å²) in [5, 5.41) is 17.7. The van der Waals surface area contributed by atoms with Crippen LogP contribution in [0.25, 0.3) is 0 Å². The smallest absolute Gasteiger partial charge is 0.305 e. The lowest BCUT2D eigenvalue weighted by molar-refractivity contribution is -0.138. The van der Waals surface area contributed by atoms with Gasteiger partial charge >= 0.3 is 5.97 Å². The second-order valence-corrected chi connectivity index (χ2v) is 3.09. The minimum atomic E-state index is -0.947. The molecule has 1 rings (SSSR count). The quantitative estimate of drug-likeness (QED) is 0.519. The molecule has 0 aromatic heterocycles. The fourth-order valence-electron chi connectivity index (χ4n) is 1.11. The summed E-state index contributed by atoms with van der Waals surface area (Å²) in [4.78, 5) is 10.2. The van der Waals surface area contributed by atoms with Crippen molar-refractivity contribution in [3.63, 3.8) is 0 Å². The van der Waals surface area contributed by atoms with E-state index in [4.69, 9.17) is 10.8 Å². The molecule has 0 aliphatic heterocycles. The first-order chi connectivity index (χ1) is 5.11. The third kappa shape index (κ3) is 2.48. The zero-order valence-corrected chi connectivity index (χ0v) is 6.23.